The standard InChI is InChI=1S/C19H25N5O4.HI/c1-19(16(25)22-18(26)23-19)13-5-7-24(8-6-13)17(20-2)21-10-12-3-4-14-15(9-12)28-11-27-14;/h3-4,9,13H,5-8,10-11H2,1-2H3,(H,20,21)(H2,22,23,25,26);1H. The fraction of sp³-hybridized carbons (Fsp3) is 0.526. The van der Waals surface area contributed by atoms with E-state index in [1.807, 2.05) is 18.2 Å². The first-order chi connectivity index (χ1) is 13.5. The van der Waals surface area contributed by atoms with Crippen molar-refractivity contribution in [3.8, 4) is 11.5 Å². The highest BCUT2D eigenvalue weighted by atomic mass is 127. The molecule has 1 aromatic carbocycles. The number of urea groups is 1. The molecule has 0 saturated carbocycles. The molecule has 2 saturated heterocycles. The van der Waals surface area contributed by atoms with Crippen molar-refractivity contribution in [2.75, 3.05) is 26.9 Å². The Hall–Kier alpha value is -2.24. The summed E-state index contributed by atoms with van der Waals surface area (Å²) < 4.78 is 10.8. The van der Waals surface area contributed by atoms with Crippen LogP contribution in [0.15, 0.2) is 23.2 Å². The maximum atomic E-state index is 12.2. The first kappa shape index (κ1) is 21.5. The van der Waals surface area contributed by atoms with E-state index in [9.17, 15) is 9.59 Å². The number of aliphatic imine (C=N–C) groups is 1. The summed E-state index contributed by atoms with van der Waals surface area (Å²) in [4.78, 5) is 30.3. The third kappa shape index (κ3) is 4.21. The number of nitrogens with zero attached hydrogens (tertiary/aromatic N) is 2. The van der Waals surface area contributed by atoms with Crippen LogP contribution in [-0.2, 0) is 11.3 Å². The minimum atomic E-state index is -0.827. The van der Waals surface area contributed by atoms with E-state index < -0.39 is 11.6 Å². The summed E-state index contributed by atoms with van der Waals surface area (Å²) in [5, 5.41) is 8.52. The molecule has 1 aromatic rings. The van der Waals surface area contributed by atoms with Gasteiger partial charge in [0.2, 0.25) is 6.79 Å². The van der Waals surface area contributed by atoms with Gasteiger partial charge in [-0.2, -0.15) is 0 Å². The highest BCUT2D eigenvalue weighted by molar-refractivity contribution is 14.0. The fourth-order valence-corrected chi connectivity index (χ4v) is 4.08. The highest BCUT2D eigenvalue weighted by Crippen LogP contribution is 2.33. The van der Waals surface area contributed by atoms with E-state index in [0.29, 0.717) is 6.54 Å². The molecule has 158 valence electrons. The van der Waals surface area contributed by atoms with E-state index in [1.54, 1.807) is 14.0 Å². The molecule has 4 rings (SSSR count). The molecule has 10 heteroatoms. The lowest BCUT2D eigenvalue weighted by atomic mass is 9.79. The molecule has 29 heavy (non-hydrogen) atoms. The van der Waals surface area contributed by atoms with Gasteiger partial charge in [-0.05, 0) is 43.4 Å². The van der Waals surface area contributed by atoms with Crippen molar-refractivity contribution < 1.29 is 19.1 Å². The molecule has 3 aliphatic heterocycles. The summed E-state index contributed by atoms with van der Waals surface area (Å²) in [6, 6.07) is 5.48. The molecule has 1 atom stereocenters. The number of carbonyl (C=O) groups excluding carboxylic acids is 2. The van der Waals surface area contributed by atoms with Gasteiger partial charge in [0.1, 0.15) is 5.54 Å². The number of fused-ring (bicyclic) bond motifs is 1. The third-order valence-electron chi connectivity index (χ3n) is 5.78. The van der Waals surface area contributed by atoms with Crippen molar-refractivity contribution in [1.82, 2.24) is 20.9 Å². The highest BCUT2D eigenvalue weighted by Gasteiger charge is 2.48. The predicted molar refractivity (Wildman–Crippen MR) is 118 cm³/mol. The topological polar surface area (TPSA) is 104 Å². The minimum Gasteiger partial charge on any atom is -0.454 e. The molecular formula is C19H26IN5O4. The van der Waals surface area contributed by atoms with Crippen LogP contribution in [0, 0.1) is 5.92 Å². The zero-order valence-electron chi connectivity index (χ0n) is 16.5. The number of nitrogens with one attached hydrogen (secondary N) is 3. The molecule has 0 spiro atoms. The summed E-state index contributed by atoms with van der Waals surface area (Å²) in [6.07, 6.45) is 1.60. The van der Waals surface area contributed by atoms with Crippen molar-refractivity contribution in [2.45, 2.75) is 31.8 Å². The van der Waals surface area contributed by atoms with Crippen LogP contribution >= 0.6 is 24.0 Å². The van der Waals surface area contributed by atoms with Crippen molar-refractivity contribution in [1.29, 1.82) is 0 Å². The molecule has 0 bridgehead atoms. The molecule has 0 aliphatic carbocycles. The van der Waals surface area contributed by atoms with E-state index in [2.05, 4.69) is 25.8 Å². The van der Waals surface area contributed by atoms with Crippen LogP contribution in [0.4, 0.5) is 4.79 Å². The molecule has 3 amide bonds. The number of guanidine groups is 1. The molecule has 0 radical (unpaired) electrons. The Morgan fingerprint density at radius 1 is 1.28 bits per heavy atom. The zero-order chi connectivity index (χ0) is 19.7. The molecular weight excluding hydrogens is 489 g/mol. The van der Waals surface area contributed by atoms with Gasteiger partial charge in [-0.1, -0.05) is 6.07 Å². The average Bonchev–Trinajstić information content (AvgIpc) is 3.26. The Balaban J connectivity index is 0.00000240. The van der Waals surface area contributed by atoms with Gasteiger partial charge in [-0.15, -0.1) is 24.0 Å². The first-order valence-corrected chi connectivity index (χ1v) is 9.47. The first-order valence-electron chi connectivity index (χ1n) is 9.47. The number of halogens is 1. The molecule has 3 aliphatic rings. The molecule has 2 fully saturated rings. The second-order valence-electron chi connectivity index (χ2n) is 7.46. The average molecular weight is 515 g/mol. The van der Waals surface area contributed by atoms with Crippen LogP contribution < -0.4 is 25.4 Å². The van der Waals surface area contributed by atoms with E-state index in [0.717, 1.165) is 49.0 Å². The second-order valence-corrected chi connectivity index (χ2v) is 7.46. The molecule has 1 unspecified atom stereocenters. The zero-order valence-corrected chi connectivity index (χ0v) is 18.8. The maximum Gasteiger partial charge on any atom is 0.322 e. The fourth-order valence-electron chi connectivity index (χ4n) is 4.08. The predicted octanol–water partition coefficient (Wildman–Crippen LogP) is 1.42. The number of ether oxygens (including phenoxy) is 2. The minimum absolute atomic E-state index is 0. The molecule has 3 N–H and O–H groups in total. The van der Waals surface area contributed by atoms with Gasteiger partial charge < -0.3 is 25.0 Å². The van der Waals surface area contributed by atoms with Crippen LogP contribution in [-0.4, -0.2) is 55.3 Å². The Bertz CT molecular complexity index is 825. The van der Waals surface area contributed by atoms with Crippen molar-refractivity contribution >= 4 is 41.9 Å². The van der Waals surface area contributed by atoms with Crippen LogP contribution in [0.2, 0.25) is 0 Å². The van der Waals surface area contributed by atoms with Gasteiger partial charge in [0.05, 0.1) is 0 Å². The second kappa shape index (κ2) is 8.64. The van der Waals surface area contributed by atoms with Crippen LogP contribution in [0.3, 0.4) is 0 Å². The van der Waals surface area contributed by atoms with Gasteiger partial charge >= 0.3 is 6.03 Å². The molecule has 3 heterocycles. The van der Waals surface area contributed by atoms with Gasteiger partial charge in [0, 0.05) is 26.7 Å². The third-order valence-corrected chi connectivity index (χ3v) is 5.78. The summed E-state index contributed by atoms with van der Waals surface area (Å²) in [5.41, 5.74) is 0.255. The summed E-state index contributed by atoms with van der Waals surface area (Å²) >= 11 is 0. The Morgan fingerprint density at radius 2 is 2.00 bits per heavy atom. The van der Waals surface area contributed by atoms with Crippen molar-refractivity contribution in [3.63, 3.8) is 0 Å². The normalized spacial score (nSPS) is 24.1. The van der Waals surface area contributed by atoms with Crippen LogP contribution in [0.25, 0.3) is 0 Å². The SMILES string of the molecule is CN=C(NCc1ccc2c(c1)OCO2)N1CCC(C2(C)NC(=O)NC2=O)CC1.I. The van der Waals surface area contributed by atoms with E-state index in [4.69, 9.17) is 9.47 Å². The summed E-state index contributed by atoms with van der Waals surface area (Å²) in [6.45, 7) is 4.23. The maximum absolute atomic E-state index is 12.2. The summed E-state index contributed by atoms with van der Waals surface area (Å²) in [5.74, 6) is 2.22. The molecule has 0 aromatic heterocycles. The monoisotopic (exact) mass is 515 g/mol. The number of imide groups is 1. The number of benzene rings is 1. The van der Waals surface area contributed by atoms with Crippen LogP contribution in [0.1, 0.15) is 25.3 Å². The van der Waals surface area contributed by atoms with E-state index in [-0.39, 0.29) is 42.6 Å². The van der Waals surface area contributed by atoms with Crippen molar-refractivity contribution in [3.05, 3.63) is 23.8 Å². The lowest BCUT2D eigenvalue weighted by molar-refractivity contribution is -0.125. The number of likely N-dealkylation sites (tertiary alicyclic amines) is 1. The van der Waals surface area contributed by atoms with Gasteiger partial charge in [0.15, 0.2) is 17.5 Å². The largest absolute Gasteiger partial charge is 0.454 e. The molecule has 9 nitrogen and oxygen atoms in total. The van der Waals surface area contributed by atoms with E-state index >= 15 is 0 Å². The van der Waals surface area contributed by atoms with Gasteiger partial charge in [0.25, 0.3) is 5.91 Å². The van der Waals surface area contributed by atoms with Crippen LogP contribution in [0.5, 0.6) is 11.5 Å². The Morgan fingerprint density at radius 3 is 2.66 bits per heavy atom. The van der Waals surface area contributed by atoms with Gasteiger partial charge in [-0.3, -0.25) is 15.1 Å². The number of amides is 3. The van der Waals surface area contributed by atoms with Gasteiger partial charge in [-0.25, -0.2) is 4.79 Å². The summed E-state index contributed by atoms with van der Waals surface area (Å²) in [7, 11) is 1.76. The number of rotatable bonds is 3. The number of carbonyl (C=O) groups is 2. The number of piperidine rings is 1. The number of hydrogen-bond acceptors (Lipinski definition) is 5. The smallest absolute Gasteiger partial charge is 0.322 e. The quantitative estimate of drug-likeness (QED) is 0.244. The lowest BCUT2D eigenvalue weighted by Crippen LogP contribution is -2.55. The Kier molecular flexibility index (Phi) is 6.39. The number of hydrogen-bond donors (Lipinski definition) is 3. The van der Waals surface area contributed by atoms with Crippen molar-refractivity contribution in [2.24, 2.45) is 10.9 Å². The lowest BCUT2D eigenvalue weighted by Gasteiger charge is -2.39. The Labute approximate surface area is 186 Å². The van der Waals surface area contributed by atoms with E-state index in [1.165, 1.54) is 0 Å².